The minimum absolute atomic E-state index is 0.924. The zero-order chi connectivity index (χ0) is 30.9. The molecule has 0 saturated heterocycles. The summed E-state index contributed by atoms with van der Waals surface area (Å²) < 4.78 is 0. The third-order valence-corrected chi connectivity index (χ3v) is 10.2. The summed E-state index contributed by atoms with van der Waals surface area (Å²) in [6.07, 6.45) is 10.2. The summed E-state index contributed by atoms with van der Waals surface area (Å²) in [6.45, 7) is 0. The SMILES string of the molecule is C1=CCC(c2c3c(ccc2=C(c2ccc4ccccc4c2)c2ccc4ccccc4c2)=Cc2c-3c3ccccc3c3ccccc23)=C1. The Morgan fingerprint density at radius 2 is 1.02 bits per heavy atom. The second kappa shape index (κ2) is 10.3. The molecular weight excluding hydrogens is 565 g/mol. The van der Waals surface area contributed by atoms with E-state index >= 15 is 0 Å². The molecule has 0 fully saturated rings. The van der Waals surface area contributed by atoms with Gasteiger partial charge >= 0.3 is 0 Å². The van der Waals surface area contributed by atoms with E-state index in [4.69, 9.17) is 0 Å². The molecule has 2 aliphatic rings. The van der Waals surface area contributed by atoms with Crippen LogP contribution in [0.3, 0.4) is 0 Å². The Labute approximate surface area is 273 Å². The molecule has 0 atom stereocenters. The number of rotatable bonds is 3. The van der Waals surface area contributed by atoms with Crippen LogP contribution in [-0.2, 0) is 0 Å². The summed E-state index contributed by atoms with van der Waals surface area (Å²) in [5, 5.41) is 12.9. The first-order valence-electron chi connectivity index (χ1n) is 16.5. The van der Waals surface area contributed by atoms with Gasteiger partial charge in [0.2, 0.25) is 0 Å². The summed E-state index contributed by atoms with van der Waals surface area (Å²) in [5.74, 6) is 0. The van der Waals surface area contributed by atoms with Gasteiger partial charge in [0.15, 0.2) is 0 Å². The number of hydrogen-bond donors (Lipinski definition) is 0. The summed E-state index contributed by atoms with van der Waals surface area (Å²) in [7, 11) is 0. The average Bonchev–Trinajstić information content (AvgIpc) is 3.81. The van der Waals surface area contributed by atoms with Gasteiger partial charge in [-0.2, -0.15) is 0 Å². The number of benzene rings is 8. The second-order valence-corrected chi connectivity index (χ2v) is 12.8. The van der Waals surface area contributed by atoms with E-state index in [1.54, 1.807) is 0 Å². The lowest BCUT2D eigenvalue weighted by Crippen LogP contribution is -2.20. The first kappa shape index (κ1) is 26.3. The van der Waals surface area contributed by atoms with Gasteiger partial charge < -0.3 is 0 Å². The van der Waals surface area contributed by atoms with E-state index in [1.807, 2.05) is 0 Å². The maximum Gasteiger partial charge on any atom is -0.00138 e. The molecule has 10 rings (SSSR count). The molecule has 2 aliphatic carbocycles. The van der Waals surface area contributed by atoms with Crippen molar-refractivity contribution in [3.05, 3.63) is 197 Å². The van der Waals surface area contributed by atoms with Crippen molar-refractivity contribution in [2.75, 3.05) is 0 Å². The Kier molecular flexibility index (Phi) is 5.74. The molecule has 0 aliphatic heterocycles. The molecule has 218 valence electrons. The van der Waals surface area contributed by atoms with Gasteiger partial charge in [0.25, 0.3) is 0 Å². The fraction of sp³-hybridized carbons (Fsp3) is 0.0213. The highest BCUT2D eigenvalue weighted by atomic mass is 14.3. The number of allylic oxidation sites excluding steroid dienone is 4. The van der Waals surface area contributed by atoms with Crippen LogP contribution in [0.15, 0.2) is 164 Å². The molecular formula is C47H30. The Balaban J connectivity index is 1.39. The van der Waals surface area contributed by atoms with E-state index in [9.17, 15) is 0 Å². The maximum atomic E-state index is 2.43. The average molecular weight is 595 g/mol. The van der Waals surface area contributed by atoms with Crippen molar-refractivity contribution in [2.24, 2.45) is 0 Å². The molecule has 0 radical (unpaired) electrons. The lowest BCUT2D eigenvalue weighted by molar-refractivity contribution is 1.38. The molecule has 8 aromatic carbocycles. The Morgan fingerprint density at radius 3 is 1.66 bits per heavy atom. The quantitative estimate of drug-likeness (QED) is 0.179. The predicted molar refractivity (Wildman–Crippen MR) is 201 cm³/mol. The highest BCUT2D eigenvalue weighted by Gasteiger charge is 2.25. The first-order valence-corrected chi connectivity index (χ1v) is 16.5. The topological polar surface area (TPSA) is 0 Å². The summed E-state index contributed by atoms with van der Waals surface area (Å²) in [5.41, 5.74) is 10.5. The van der Waals surface area contributed by atoms with Crippen molar-refractivity contribution in [1.29, 1.82) is 0 Å². The third kappa shape index (κ3) is 4.02. The van der Waals surface area contributed by atoms with Crippen LogP contribution in [0.4, 0.5) is 0 Å². The molecule has 0 aromatic heterocycles. The van der Waals surface area contributed by atoms with Crippen LogP contribution < -0.4 is 10.4 Å². The van der Waals surface area contributed by atoms with Crippen LogP contribution >= 0.6 is 0 Å². The molecule has 47 heavy (non-hydrogen) atoms. The summed E-state index contributed by atoms with van der Waals surface area (Å²) in [6, 6.07) is 53.9. The van der Waals surface area contributed by atoms with Crippen molar-refractivity contribution in [3.63, 3.8) is 0 Å². The second-order valence-electron chi connectivity index (χ2n) is 12.8. The van der Waals surface area contributed by atoms with Gasteiger partial charge in [-0.15, -0.1) is 0 Å². The highest BCUT2D eigenvalue weighted by molar-refractivity contribution is 6.20. The van der Waals surface area contributed by atoms with Gasteiger partial charge in [0.1, 0.15) is 0 Å². The van der Waals surface area contributed by atoms with E-state index in [0.717, 1.165) is 6.42 Å². The van der Waals surface area contributed by atoms with Crippen molar-refractivity contribution in [1.82, 2.24) is 0 Å². The molecule has 0 heterocycles. The van der Waals surface area contributed by atoms with Gasteiger partial charge in [-0.1, -0.05) is 152 Å². The largest absolute Gasteiger partial charge is 0.0801 e. The van der Waals surface area contributed by atoms with Gasteiger partial charge in [-0.25, -0.2) is 0 Å². The van der Waals surface area contributed by atoms with E-state index in [-0.39, 0.29) is 0 Å². The molecule has 0 bridgehead atoms. The predicted octanol–water partition coefficient (Wildman–Crippen LogP) is 10.7. The molecule has 0 saturated carbocycles. The normalized spacial score (nSPS) is 13.2. The fourth-order valence-corrected chi connectivity index (χ4v) is 8.09. The Bertz CT molecular complexity index is 2730. The Hall–Kier alpha value is -5.98. The van der Waals surface area contributed by atoms with Crippen LogP contribution in [-0.4, -0.2) is 0 Å². The van der Waals surface area contributed by atoms with Crippen LogP contribution in [0.2, 0.25) is 0 Å². The smallest absolute Gasteiger partial charge is 0.00138 e. The third-order valence-electron chi connectivity index (χ3n) is 10.2. The zero-order valence-corrected chi connectivity index (χ0v) is 25.9. The fourth-order valence-electron chi connectivity index (χ4n) is 8.09. The molecule has 0 spiro atoms. The van der Waals surface area contributed by atoms with Crippen molar-refractivity contribution in [2.45, 2.75) is 6.42 Å². The molecule has 8 aromatic rings. The number of fused-ring (bicyclic) bond motifs is 10. The molecule has 0 nitrogen and oxygen atoms in total. The van der Waals surface area contributed by atoms with Crippen LogP contribution in [0.25, 0.3) is 71.4 Å². The standard InChI is InChI=1S/C47H30/c1-5-15-33-27-35(23-21-30(33)11-1)44(36-24-22-31-12-2-6-16-34(31)28-36)42-26-25-37-29-43-40-19-8-7-17-38(40)39-18-9-10-20-41(39)47(43)46(37)45(42)32-13-3-4-14-32/h1-13,15-29H,14H2. The minimum Gasteiger partial charge on any atom is -0.0801 e. The van der Waals surface area contributed by atoms with E-state index in [2.05, 4.69) is 170 Å². The van der Waals surface area contributed by atoms with Crippen LogP contribution in [0.5, 0.6) is 0 Å². The molecule has 0 amide bonds. The summed E-state index contributed by atoms with van der Waals surface area (Å²) in [4.78, 5) is 0. The maximum absolute atomic E-state index is 2.43. The van der Waals surface area contributed by atoms with Crippen LogP contribution in [0.1, 0.15) is 28.7 Å². The summed E-state index contributed by atoms with van der Waals surface area (Å²) >= 11 is 0. The van der Waals surface area contributed by atoms with Gasteiger partial charge in [0, 0.05) is 0 Å². The molecule has 0 N–H and O–H groups in total. The van der Waals surface area contributed by atoms with Crippen molar-refractivity contribution in [3.8, 4) is 11.1 Å². The Morgan fingerprint density at radius 1 is 0.447 bits per heavy atom. The van der Waals surface area contributed by atoms with E-state index in [1.165, 1.54) is 98.1 Å². The van der Waals surface area contributed by atoms with Gasteiger partial charge in [0.05, 0.1) is 0 Å². The minimum atomic E-state index is 0.924. The van der Waals surface area contributed by atoms with Crippen molar-refractivity contribution >= 4 is 60.3 Å². The zero-order valence-electron chi connectivity index (χ0n) is 25.9. The van der Waals surface area contributed by atoms with Gasteiger partial charge in [-0.05, 0) is 123 Å². The number of hydrogen-bond acceptors (Lipinski definition) is 0. The first-order chi connectivity index (χ1) is 23.3. The van der Waals surface area contributed by atoms with E-state index < -0.39 is 0 Å². The lowest BCUT2D eigenvalue weighted by Gasteiger charge is -2.19. The molecule has 0 heteroatoms. The van der Waals surface area contributed by atoms with Crippen LogP contribution in [0, 0.1) is 0 Å². The molecule has 0 unspecified atom stereocenters. The lowest BCUT2D eigenvalue weighted by atomic mass is 9.84. The van der Waals surface area contributed by atoms with E-state index in [0.29, 0.717) is 0 Å². The highest BCUT2D eigenvalue weighted by Crippen LogP contribution is 2.43. The monoisotopic (exact) mass is 594 g/mol. The van der Waals surface area contributed by atoms with Gasteiger partial charge in [-0.3, -0.25) is 0 Å². The van der Waals surface area contributed by atoms with Crippen molar-refractivity contribution < 1.29 is 0 Å².